The van der Waals surface area contributed by atoms with E-state index in [-0.39, 0.29) is 0 Å². The van der Waals surface area contributed by atoms with E-state index in [0.29, 0.717) is 0 Å². The van der Waals surface area contributed by atoms with E-state index in [1.165, 1.54) is 14.1 Å². The zero-order valence-electron chi connectivity index (χ0n) is 7.90. The summed E-state index contributed by atoms with van der Waals surface area (Å²) in [5, 5.41) is 0. The Kier molecular flexibility index (Phi) is 12.6. The van der Waals surface area contributed by atoms with Gasteiger partial charge in [0, 0.05) is 10.7 Å². The van der Waals surface area contributed by atoms with Crippen molar-refractivity contribution in [1.29, 1.82) is 0 Å². The van der Waals surface area contributed by atoms with Gasteiger partial charge in [-0.25, -0.2) is 21.6 Å². The summed E-state index contributed by atoms with van der Waals surface area (Å²) in [6, 6.07) is 0. The minimum absolute atomic E-state index is 0.925. The molecule has 13 heavy (non-hydrogen) atoms. The Morgan fingerprint density at radius 2 is 1.15 bits per heavy atom. The van der Waals surface area contributed by atoms with Crippen molar-refractivity contribution in [2.45, 2.75) is 0 Å². The summed E-state index contributed by atoms with van der Waals surface area (Å²) < 4.78 is 40.6. The molecule has 0 radical (unpaired) electrons. The standard InChI is InChI=1S/C2H7NO2S.CH3ClO2S.CH5N/c1-3-6(2,4)5;1-5(2,3)4;1-2/h3H,1-2H3;1H3;2H2,1H3. The van der Waals surface area contributed by atoms with Crippen LogP contribution in [-0.2, 0) is 19.1 Å². The minimum Gasteiger partial charge on any atom is -0.333 e. The van der Waals surface area contributed by atoms with Crippen molar-refractivity contribution in [1.82, 2.24) is 4.72 Å². The third-order valence-corrected chi connectivity index (χ3v) is 1.11. The molecule has 0 heterocycles. The molecule has 0 aliphatic rings. The maximum absolute atomic E-state index is 9.89. The minimum atomic E-state index is -3.19. The van der Waals surface area contributed by atoms with Crippen LogP contribution in [0.4, 0.5) is 0 Å². The lowest BCUT2D eigenvalue weighted by molar-refractivity contribution is 0.594. The highest BCUT2D eigenvalue weighted by molar-refractivity contribution is 8.13. The monoisotopic (exact) mass is 254 g/mol. The molecule has 0 amide bonds. The molecule has 0 rings (SSSR count). The molecule has 84 valence electrons. The van der Waals surface area contributed by atoms with Crippen LogP contribution in [0.2, 0.25) is 0 Å². The van der Waals surface area contributed by atoms with E-state index < -0.39 is 19.1 Å². The Morgan fingerprint density at radius 1 is 1.08 bits per heavy atom. The molecule has 3 N–H and O–H groups in total. The Morgan fingerprint density at radius 3 is 1.15 bits per heavy atom. The lowest BCUT2D eigenvalue weighted by atomic mass is 11.6. The van der Waals surface area contributed by atoms with E-state index in [4.69, 9.17) is 0 Å². The van der Waals surface area contributed by atoms with Crippen LogP contribution < -0.4 is 10.5 Å². The van der Waals surface area contributed by atoms with Crippen molar-refractivity contribution in [2.75, 3.05) is 26.6 Å². The lowest BCUT2D eigenvalue weighted by Gasteiger charge is -1.85. The highest BCUT2D eigenvalue weighted by Crippen LogP contribution is 1.83. The van der Waals surface area contributed by atoms with Gasteiger partial charge in [-0.1, -0.05) is 0 Å². The van der Waals surface area contributed by atoms with E-state index in [2.05, 4.69) is 21.1 Å². The molecular formula is C4H15ClN2O4S2. The molecule has 0 bridgehead atoms. The predicted octanol–water partition coefficient (Wildman–Crippen LogP) is -1.07. The van der Waals surface area contributed by atoms with Gasteiger partial charge in [0.15, 0.2) is 0 Å². The number of hydrogen-bond donors (Lipinski definition) is 2. The van der Waals surface area contributed by atoms with E-state index in [9.17, 15) is 16.8 Å². The maximum atomic E-state index is 9.89. The fourth-order valence-electron chi connectivity index (χ4n) is 0. The molecule has 0 atom stereocenters. The SMILES string of the molecule is CN.CNS(C)(=O)=O.CS(=O)(=O)Cl. The molecule has 0 saturated carbocycles. The molecule has 0 aromatic rings. The van der Waals surface area contributed by atoms with Gasteiger partial charge >= 0.3 is 0 Å². The molecule has 0 spiro atoms. The average Bonchev–Trinajstić information content (AvgIpc) is 1.87. The Bertz CT molecular complexity index is 275. The van der Waals surface area contributed by atoms with Crippen LogP contribution in [-0.4, -0.2) is 43.4 Å². The molecule has 0 fully saturated rings. The first-order chi connectivity index (χ1) is 5.56. The van der Waals surface area contributed by atoms with Gasteiger partial charge in [0.25, 0.3) is 0 Å². The van der Waals surface area contributed by atoms with Gasteiger partial charge in [0.05, 0.1) is 12.5 Å². The van der Waals surface area contributed by atoms with Crippen molar-refractivity contribution in [3.8, 4) is 0 Å². The third-order valence-electron chi connectivity index (χ3n) is 0.371. The molecule has 0 unspecified atom stereocenters. The lowest BCUT2D eigenvalue weighted by Crippen LogP contribution is -2.15. The first kappa shape index (κ1) is 18.8. The highest BCUT2D eigenvalue weighted by Gasteiger charge is 1.88. The number of rotatable bonds is 1. The average molecular weight is 255 g/mol. The molecule has 0 saturated heterocycles. The summed E-state index contributed by atoms with van der Waals surface area (Å²) in [6.07, 6.45) is 2.03. The van der Waals surface area contributed by atoms with Gasteiger partial charge in [-0.05, 0) is 14.1 Å². The van der Waals surface area contributed by atoms with Gasteiger partial charge in [-0.15, -0.1) is 0 Å². The second-order valence-electron chi connectivity index (χ2n) is 1.66. The van der Waals surface area contributed by atoms with Crippen molar-refractivity contribution in [2.24, 2.45) is 5.73 Å². The Hall–Kier alpha value is 0.110. The van der Waals surface area contributed by atoms with Crippen molar-refractivity contribution < 1.29 is 16.8 Å². The van der Waals surface area contributed by atoms with Crippen LogP contribution in [0.3, 0.4) is 0 Å². The summed E-state index contributed by atoms with van der Waals surface area (Å²) in [6.45, 7) is 0. The van der Waals surface area contributed by atoms with Gasteiger partial charge < -0.3 is 5.73 Å². The van der Waals surface area contributed by atoms with Gasteiger partial charge in [0.2, 0.25) is 19.1 Å². The summed E-state index contributed by atoms with van der Waals surface area (Å²) in [7, 11) is 1.27. The Labute approximate surface area is 83.9 Å². The zero-order chi connectivity index (χ0) is 11.7. The first-order valence-electron chi connectivity index (χ1n) is 2.92. The summed E-state index contributed by atoms with van der Waals surface area (Å²) in [5.41, 5.74) is 4.50. The van der Waals surface area contributed by atoms with Crippen LogP contribution in [0.1, 0.15) is 0 Å². The number of hydrogen-bond acceptors (Lipinski definition) is 5. The number of sulfonamides is 1. The second kappa shape index (κ2) is 8.70. The largest absolute Gasteiger partial charge is 0.333 e. The third kappa shape index (κ3) is 128. The fourth-order valence-corrected chi connectivity index (χ4v) is 0. The zero-order valence-corrected chi connectivity index (χ0v) is 10.3. The summed E-state index contributed by atoms with van der Waals surface area (Å²) in [5.74, 6) is 0. The normalized spacial score (nSPS) is 10.3. The fraction of sp³-hybridized carbons (Fsp3) is 1.00. The smallest absolute Gasteiger partial charge is 0.229 e. The van der Waals surface area contributed by atoms with Crippen LogP contribution >= 0.6 is 10.7 Å². The van der Waals surface area contributed by atoms with Gasteiger partial charge in [0.1, 0.15) is 0 Å². The van der Waals surface area contributed by atoms with E-state index in [0.717, 1.165) is 12.5 Å². The van der Waals surface area contributed by atoms with E-state index in [1.807, 2.05) is 0 Å². The second-order valence-corrected chi connectivity index (χ2v) is 6.66. The van der Waals surface area contributed by atoms with Crippen LogP contribution in [0.5, 0.6) is 0 Å². The van der Waals surface area contributed by atoms with Crippen molar-refractivity contribution in [3.63, 3.8) is 0 Å². The predicted molar refractivity (Wildman–Crippen MR) is 54.7 cm³/mol. The van der Waals surface area contributed by atoms with Crippen LogP contribution in [0.15, 0.2) is 0 Å². The topological polar surface area (TPSA) is 106 Å². The first-order valence-corrected chi connectivity index (χ1v) is 7.53. The van der Waals surface area contributed by atoms with Gasteiger partial charge in [-0.2, -0.15) is 0 Å². The highest BCUT2D eigenvalue weighted by atomic mass is 35.7. The van der Waals surface area contributed by atoms with Crippen molar-refractivity contribution in [3.05, 3.63) is 0 Å². The van der Waals surface area contributed by atoms with E-state index in [1.54, 1.807) is 0 Å². The quantitative estimate of drug-likeness (QED) is 0.580. The molecule has 0 aliphatic heterocycles. The summed E-state index contributed by atoms with van der Waals surface area (Å²) >= 11 is 0. The van der Waals surface area contributed by atoms with Crippen molar-refractivity contribution >= 4 is 29.8 Å². The molecule has 0 aromatic heterocycles. The van der Waals surface area contributed by atoms with Crippen LogP contribution in [0.25, 0.3) is 0 Å². The Balaban J connectivity index is -0.000000131. The van der Waals surface area contributed by atoms with Gasteiger partial charge in [-0.3, -0.25) is 0 Å². The maximum Gasteiger partial charge on any atom is 0.229 e. The molecular weight excluding hydrogens is 240 g/mol. The number of halogens is 1. The molecule has 6 nitrogen and oxygen atoms in total. The van der Waals surface area contributed by atoms with Crippen LogP contribution in [0, 0.1) is 0 Å². The number of nitrogens with two attached hydrogens (primary N) is 1. The molecule has 9 heteroatoms. The summed E-state index contributed by atoms with van der Waals surface area (Å²) in [4.78, 5) is 0. The van der Waals surface area contributed by atoms with E-state index >= 15 is 0 Å². The molecule has 0 aromatic carbocycles. The molecule has 0 aliphatic carbocycles. The number of nitrogens with one attached hydrogen (secondary N) is 1.